The quantitative estimate of drug-likeness (QED) is 0.640. The monoisotopic (exact) mass is 372 g/mol. The highest BCUT2D eigenvalue weighted by Crippen LogP contribution is 2.28. The molecule has 0 spiro atoms. The van der Waals surface area contributed by atoms with Crippen molar-refractivity contribution in [3.63, 3.8) is 0 Å². The van der Waals surface area contributed by atoms with Crippen LogP contribution in [0.1, 0.15) is 10.4 Å². The maximum absolute atomic E-state index is 13.7. The van der Waals surface area contributed by atoms with Crippen LogP contribution in [0.3, 0.4) is 0 Å². The molecule has 0 aliphatic heterocycles. The zero-order chi connectivity index (χ0) is 15.6. The fourth-order valence-electron chi connectivity index (χ4n) is 1.67. The molecule has 0 aliphatic carbocycles. The molecule has 0 atom stereocenters. The Balaban J connectivity index is 2.39. The van der Waals surface area contributed by atoms with E-state index in [0.29, 0.717) is 4.47 Å². The summed E-state index contributed by atoms with van der Waals surface area (Å²) < 4.78 is 14.2. The van der Waals surface area contributed by atoms with Crippen molar-refractivity contribution in [2.75, 3.05) is 5.32 Å². The average molecular weight is 374 g/mol. The smallest absolute Gasteiger partial charge is 0.283 e. The lowest BCUT2D eigenvalue weighted by molar-refractivity contribution is -0.385. The van der Waals surface area contributed by atoms with Crippen molar-refractivity contribution in [3.8, 4) is 0 Å². The molecule has 0 radical (unpaired) electrons. The second kappa shape index (κ2) is 6.19. The third-order valence-electron chi connectivity index (χ3n) is 2.59. The Kier molecular flexibility index (Phi) is 4.54. The topological polar surface area (TPSA) is 72.2 Å². The van der Waals surface area contributed by atoms with Crippen LogP contribution in [0.15, 0.2) is 40.9 Å². The van der Waals surface area contributed by atoms with E-state index >= 15 is 0 Å². The number of carbonyl (C=O) groups is 1. The SMILES string of the molecule is O=C(Nc1ccc(Br)cc1F)c1c(Cl)cccc1[N+](=O)[O-]. The van der Waals surface area contributed by atoms with Crippen molar-refractivity contribution in [1.29, 1.82) is 0 Å². The zero-order valence-corrected chi connectivity index (χ0v) is 12.6. The maximum atomic E-state index is 13.7. The largest absolute Gasteiger partial charge is 0.319 e. The molecule has 1 amide bonds. The molecular weight excluding hydrogens is 367 g/mol. The summed E-state index contributed by atoms with van der Waals surface area (Å²) in [5, 5.41) is 13.1. The fraction of sp³-hybridized carbons (Fsp3) is 0. The number of rotatable bonds is 3. The van der Waals surface area contributed by atoms with E-state index in [2.05, 4.69) is 21.2 Å². The van der Waals surface area contributed by atoms with Gasteiger partial charge in [0, 0.05) is 10.5 Å². The number of benzene rings is 2. The van der Waals surface area contributed by atoms with E-state index in [0.717, 1.165) is 12.1 Å². The molecule has 0 unspecified atom stereocenters. The van der Waals surface area contributed by atoms with Gasteiger partial charge in [-0.1, -0.05) is 33.6 Å². The molecule has 108 valence electrons. The highest BCUT2D eigenvalue weighted by Gasteiger charge is 2.24. The maximum Gasteiger partial charge on any atom is 0.283 e. The molecule has 0 bridgehead atoms. The first-order valence-corrected chi connectivity index (χ1v) is 6.76. The highest BCUT2D eigenvalue weighted by molar-refractivity contribution is 9.10. The van der Waals surface area contributed by atoms with Gasteiger partial charge in [-0.3, -0.25) is 14.9 Å². The minimum absolute atomic E-state index is 0.0841. The minimum atomic E-state index is -0.853. The molecule has 5 nitrogen and oxygen atoms in total. The van der Waals surface area contributed by atoms with Crippen LogP contribution in [0.5, 0.6) is 0 Å². The number of nitro groups is 1. The average Bonchev–Trinajstić information content (AvgIpc) is 2.41. The normalized spacial score (nSPS) is 10.2. The lowest BCUT2D eigenvalue weighted by Gasteiger charge is -2.08. The summed E-state index contributed by atoms with van der Waals surface area (Å²) in [7, 11) is 0. The van der Waals surface area contributed by atoms with Crippen LogP contribution in [0.2, 0.25) is 5.02 Å². The van der Waals surface area contributed by atoms with Gasteiger partial charge in [0.1, 0.15) is 11.4 Å². The third kappa shape index (κ3) is 3.37. The number of hydrogen-bond acceptors (Lipinski definition) is 3. The van der Waals surface area contributed by atoms with Crippen LogP contribution in [0.25, 0.3) is 0 Å². The Morgan fingerprint density at radius 2 is 2.05 bits per heavy atom. The Hall–Kier alpha value is -1.99. The first kappa shape index (κ1) is 15.4. The summed E-state index contributed by atoms with van der Waals surface area (Å²) in [6, 6.07) is 7.88. The zero-order valence-electron chi connectivity index (χ0n) is 10.3. The standard InChI is InChI=1S/C13H7BrClFN2O3/c14-7-4-5-10(9(16)6-7)17-13(19)12-8(15)2-1-3-11(12)18(20)21/h1-6H,(H,17,19). The Bertz CT molecular complexity index is 739. The lowest BCUT2D eigenvalue weighted by Crippen LogP contribution is -2.15. The molecule has 1 N–H and O–H groups in total. The van der Waals surface area contributed by atoms with Crippen molar-refractivity contribution in [2.45, 2.75) is 0 Å². The van der Waals surface area contributed by atoms with Crippen LogP contribution >= 0.6 is 27.5 Å². The van der Waals surface area contributed by atoms with E-state index < -0.39 is 22.3 Å². The van der Waals surface area contributed by atoms with Gasteiger partial charge in [0.05, 0.1) is 15.6 Å². The van der Waals surface area contributed by atoms with Crippen molar-refractivity contribution < 1.29 is 14.1 Å². The Morgan fingerprint density at radius 3 is 2.67 bits per heavy atom. The van der Waals surface area contributed by atoms with Gasteiger partial charge in [-0.15, -0.1) is 0 Å². The molecule has 0 fully saturated rings. The molecule has 0 heterocycles. The summed E-state index contributed by atoms with van der Waals surface area (Å²) in [6.45, 7) is 0. The number of nitro benzene ring substituents is 1. The predicted octanol–water partition coefficient (Wildman–Crippen LogP) is 4.40. The molecule has 2 aromatic carbocycles. The summed E-state index contributed by atoms with van der Waals surface area (Å²) >= 11 is 8.92. The molecule has 8 heteroatoms. The van der Waals surface area contributed by atoms with Crippen LogP contribution in [-0.4, -0.2) is 10.8 Å². The van der Waals surface area contributed by atoms with Gasteiger partial charge in [0.15, 0.2) is 0 Å². The van der Waals surface area contributed by atoms with Crippen molar-refractivity contribution in [1.82, 2.24) is 0 Å². The summed E-state index contributed by atoms with van der Waals surface area (Å²) in [4.78, 5) is 22.3. The van der Waals surface area contributed by atoms with E-state index in [1.165, 1.54) is 24.3 Å². The Labute approximate surface area is 132 Å². The number of nitrogens with one attached hydrogen (secondary N) is 1. The number of nitrogens with zero attached hydrogens (tertiary/aromatic N) is 1. The van der Waals surface area contributed by atoms with Crippen molar-refractivity contribution in [3.05, 3.63) is 67.4 Å². The number of amides is 1. The van der Waals surface area contributed by atoms with E-state index in [4.69, 9.17) is 11.6 Å². The van der Waals surface area contributed by atoms with Crippen LogP contribution < -0.4 is 5.32 Å². The van der Waals surface area contributed by atoms with Gasteiger partial charge >= 0.3 is 0 Å². The molecule has 2 rings (SSSR count). The van der Waals surface area contributed by atoms with E-state index in [1.807, 2.05) is 0 Å². The van der Waals surface area contributed by atoms with Crippen molar-refractivity contribution >= 4 is 44.8 Å². The van der Waals surface area contributed by atoms with Crippen LogP contribution in [0, 0.1) is 15.9 Å². The van der Waals surface area contributed by atoms with Gasteiger partial charge in [0.2, 0.25) is 0 Å². The summed E-state index contributed by atoms with van der Waals surface area (Å²) in [5.41, 5.74) is -0.860. The molecule has 21 heavy (non-hydrogen) atoms. The predicted molar refractivity (Wildman–Crippen MR) is 80.2 cm³/mol. The first-order chi connectivity index (χ1) is 9.90. The minimum Gasteiger partial charge on any atom is -0.319 e. The first-order valence-electron chi connectivity index (χ1n) is 5.59. The second-order valence-corrected chi connectivity index (χ2v) is 5.29. The number of hydrogen-bond donors (Lipinski definition) is 1. The number of carbonyl (C=O) groups excluding carboxylic acids is 1. The highest BCUT2D eigenvalue weighted by atomic mass is 79.9. The van der Waals surface area contributed by atoms with Gasteiger partial charge in [-0.05, 0) is 24.3 Å². The number of halogens is 3. The van der Waals surface area contributed by atoms with Crippen LogP contribution in [-0.2, 0) is 0 Å². The van der Waals surface area contributed by atoms with Gasteiger partial charge in [0.25, 0.3) is 11.6 Å². The Morgan fingerprint density at radius 1 is 1.33 bits per heavy atom. The molecule has 0 saturated carbocycles. The molecule has 2 aromatic rings. The van der Waals surface area contributed by atoms with Gasteiger partial charge in [-0.2, -0.15) is 0 Å². The fourth-order valence-corrected chi connectivity index (χ4v) is 2.25. The van der Waals surface area contributed by atoms with E-state index in [1.54, 1.807) is 0 Å². The van der Waals surface area contributed by atoms with Gasteiger partial charge < -0.3 is 5.32 Å². The van der Waals surface area contributed by atoms with Crippen molar-refractivity contribution in [2.24, 2.45) is 0 Å². The van der Waals surface area contributed by atoms with E-state index in [-0.39, 0.29) is 16.3 Å². The molecule has 0 saturated heterocycles. The summed E-state index contributed by atoms with van der Waals surface area (Å²) in [5.74, 6) is -1.53. The second-order valence-electron chi connectivity index (χ2n) is 3.97. The van der Waals surface area contributed by atoms with Crippen LogP contribution in [0.4, 0.5) is 15.8 Å². The molecule has 0 aromatic heterocycles. The molecular formula is C13H7BrClFN2O3. The van der Waals surface area contributed by atoms with Gasteiger partial charge in [-0.25, -0.2) is 4.39 Å². The van der Waals surface area contributed by atoms with E-state index in [9.17, 15) is 19.3 Å². The lowest BCUT2D eigenvalue weighted by atomic mass is 10.1. The molecule has 0 aliphatic rings. The third-order valence-corrected chi connectivity index (χ3v) is 3.40. The number of anilines is 1. The summed E-state index contributed by atoms with van der Waals surface area (Å²) in [6.07, 6.45) is 0.